The van der Waals surface area contributed by atoms with E-state index in [1.165, 1.54) is 38.8 Å². The normalized spacial score (nSPS) is 23.0. The summed E-state index contributed by atoms with van der Waals surface area (Å²) in [5.41, 5.74) is 6.82. The van der Waals surface area contributed by atoms with Crippen LogP contribution >= 0.6 is 0 Å². The van der Waals surface area contributed by atoms with Gasteiger partial charge in [-0.1, -0.05) is 41.0 Å². The molecule has 2 atom stereocenters. The Morgan fingerprint density at radius 3 is 2.11 bits per heavy atom. The third-order valence-electron chi connectivity index (χ3n) is 4.76. The summed E-state index contributed by atoms with van der Waals surface area (Å²) < 4.78 is 0. The van der Waals surface area contributed by atoms with E-state index in [-0.39, 0.29) is 0 Å². The van der Waals surface area contributed by atoms with Crippen molar-refractivity contribution in [1.82, 2.24) is 4.90 Å². The van der Waals surface area contributed by atoms with Crippen molar-refractivity contribution in [2.75, 3.05) is 13.1 Å². The maximum atomic E-state index is 6.35. The van der Waals surface area contributed by atoms with Crippen LogP contribution in [0.4, 0.5) is 0 Å². The van der Waals surface area contributed by atoms with Crippen molar-refractivity contribution >= 4 is 0 Å². The summed E-state index contributed by atoms with van der Waals surface area (Å²) in [6.07, 6.45) is 6.26. The average molecular weight is 254 g/mol. The van der Waals surface area contributed by atoms with Crippen LogP contribution in [-0.2, 0) is 0 Å². The second-order valence-electron chi connectivity index (χ2n) is 7.10. The van der Waals surface area contributed by atoms with Gasteiger partial charge in [0.25, 0.3) is 0 Å². The predicted molar refractivity (Wildman–Crippen MR) is 80.7 cm³/mol. The molecule has 108 valence electrons. The maximum Gasteiger partial charge on any atom is 0.0244 e. The molecule has 2 heteroatoms. The standard InChI is InChI=1S/C16H34N2/c1-6-8-14(17)15(7-2)18-11-9-13(10-12-18)16(3,4)5/h13-15H,6-12,17H2,1-5H3. The van der Waals surface area contributed by atoms with Crippen molar-refractivity contribution in [1.29, 1.82) is 0 Å². The SMILES string of the molecule is CCCC(N)C(CC)N1CCC(C(C)(C)C)CC1. The third-order valence-corrected chi connectivity index (χ3v) is 4.76. The Bertz CT molecular complexity index is 224. The maximum absolute atomic E-state index is 6.35. The molecular formula is C16H34N2. The highest BCUT2D eigenvalue weighted by molar-refractivity contribution is 4.87. The highest BCUT2D eigenvalue weighted by Crippen LogP contribution is 2.35. The van der Waals surface area contributed by atoms with E-state index >= 15 is 0 Å². The van der Waals surface area contributed by atoms with Gasteiger partial charge in [-0.15, -0.1) is 0 Å². The van der Waals surface area contributed by atoms with Crippen molar-refractivity contribution in [3.05, 3.63) is 0 Å². The van der Waals surface area contributed by atoms with Crippen LogP contribution in [0.3, 0.4) is 0 Å². The molecule has 2 nitrogen and oxygen atoms in total. The second kappa shape index (κ2) is 6.91. The molecule has 0 radical (unpaired) electrons. The Hall–Kier alpha value is -0.0800. The molecule has 1 rings (SSSR count). The first-order chi connectivity index (χ1) is 8.40. The zero-order chi connectivity index (χ0) is 13.8. The van der Waals surface area contributed by atoms with E-state index in [1.807, 2.05) is 0 Å². The summed E-state index contributed by atoms with van der Waals surface area (Å²) in [7, 11) is 0. The van der Waals surface area contributed by atoms with E-state index in [9.17, 15) is 0 Å². The molecule has 0 amide bonds. The van der Waals surface area contributed by atoms with Crippen molar-refractivity contribution < 1.29 is 0 Å². The topological polar surface area (TPSA) is 29.3 Å². The Balaban J connectivity index is 2.50. The van der Waals surface area contributed by atoms with Crippen molar-refractivity contribution in [2.45, 2.75) is 78.8 Å². The lowest BCUT2D eigenvalue weighted by molar-refractivity contribution is 0.0702. The van der Waals surface area contributed by atoms with E-state index < -0.39 is 0 Å². The first-order valence-corrected chi connectivity index (χ1v) is 7.89. The average Bonchev–Trinajstić information content (AvgIpc) is 2.30. The molecule has 0 spiro atoms. The van der Waals surface area contributed by atoms with Crippen LogP contribution in [-0.4, -0.2) is 30.1 Å². The van der Waals surface area contributed by atoms with E-state index in [1.54, 1.807) is 0 Å². The molecule has 2 N–H and O–H groups in total. The molecule has 0 aromatic rings. The first kappa shape index (κ1) is 16.0. The zero-order valence-corrected chi connectivity index (χ0v) is 13.2. The lowest BCUT2D eigenvalue weighted by atomic mass is 9.75. The van der Waals surface area contributed by atoms with Gasteiger partial charge < -0.3 is 5.73 Å². The van der Waals surface area contributed by atoms with Crippen LogP contribution in [0.25, 0.3) is 0 Å². The van der Waals surface area contributed by atoms with Crippen LogP contribution in [0.15, 0.2) is 0 Å². The van der Waals surface area contributed by atoms with E-state index in [2.05, 4.69) is 39.5 Å². The van der Waals surface area contributed by atoms with Gasteiger partial charge in [-0.2, -0.15) is 0 Å². The van der Waals surface area contributed by atoms with Gasteiger partial charge in [-0.25, -0.2) is 0 Å². The number of rotatable bonds is 5. The number of likely N-dealkylation sites (tertiary alicyclic amines) is 1. The summed E-state index contributed by atoms with van der Waals surface area (Å²) in [6.45, 7) is 14.2. The molecular weight excluding hydrogens is 220 g/mol. The molecule has 1 fully saturated rings. The van der Waals surface area contributed by atoms with E-state index in [4.69, 9.17) is 5.73 Å². The van der Waals surface area contributed by atoms with Gasteiger partial charge in [0.1, 0.15) is 0 Å². The quantitative estimate of drug-likeness (QED) is 0.811. The van der Waals surface area contributed by atoms with Gasteiger partial charge >= 0.3 is 0 Å². The van der Waals surface area contributed by atoms with Gasteiger partial charge in [-0.3, -0.25) is 4.90 Å². The molecule has 1 heterocycles. The summed E-state index contributed by atoms with van der Waals surface area (Å²) in [4.78, 5) is 2.66. The zero-order valence-electron chi connectivity index (χ0n) is 13.2. The lowest BCUT2D eigenvalue weighted by Crippen LogP contribution is -2.51. The van der Waals surface area contributed by atoms with Gasteiger partial charge in [-0.05, 0) is 50.1 Å². The second-order valence-corrected chi connectivity index (χ2v) is 7.10. The fourth-order valence-electron chi connectivity index (χ4n) is 3.45. The van der Waals surface area contributed by atoms with Crippen LogP contribution in [0.1, 0.15) is 66.7 Å². The number of hydrogen-bond donors (Lipinski definition) is 1. The molecule has 1 aliphatic heterocycles. The number of nitrogens with zero attached hydrogens (tertiary/aromatic N) is 1. The van der Waals surface area contributed by atoms with E-state index in [0.717, 1.165) is 12.3 Å². The Kier molecular flexibility index (Phi) is 6.13. The third kappa shape index (κ3) is 4.24. The Labute approximate surface area is 114 Å². The Morgan fingerprint density at radius 2 is 1.72 bits per heavy atom. The van der Waals surface area contributed by atoms with Crippen molar-refractivity contribution in [2.24, 2.45) is 17.1 Å². The minimum atomic E-state index is 0.367. The van der Waals surface area contributed by atoms with Crippen molar-refractivity contribution in [3.8, 4) is 0 Å². The fraction of sp³-hybridized carbons (Fsp3) is 1.00. The van der Waals surface area contributed by atoms with E-state index in [0.29, 0.717) is 17.5 Å². The molecule has 1 aliphatic rings. The molecule has 1 saturated heterocycles. The number of nitrogens with two attached hydrogens (primary N) is 1. The summed E-state index contributed by atoms with van der Waals surface area (Å²) in [5.74, 6) is 0.883. The molecule has 0 aromatic heterocycles. The van der Waals surface area contributed by atoms with Crippen molar-refractivity contribution in [3.63, 3.8) is 0 Å². The minimum absolute atomic E-state index is 0.367. The molecule has 0 aromatic carbocycles. The van der Waals surface area contributed by atoms with Crippen LogP contribution in [0.2, 0.25) is 0 Å². The predicted octanol–water partition coefficient (Wildman–Crippen LogP) is 3.65. The first-order valence-electron chi connectivity index (χ1n) is 7.89. The van der Waals surface area contributed by atoms with Crippen LogP contribution in [0, 0.1) is 11.3 Å². The van der Waals surface area contributed by atoms with Gasteiger partial charge in [0, 0.05) is 12.1 Å². The molecule has 18 heavy (non-hydrogen) atoms. The summed E-state index contributed by atoms with van der Waals surface area (Å²) >= 11 is 0. The minimum Gasteiger partial charge on any atom is -0.326 e. The molecule has 2 unspecified atom stereocenters. The largest absolute Gasteiger partial charge is 0.326 e. The summed E-state index contributed by atoms with van der Waals surface area (Å²) in [5, 5.41) is 0. The fourth-order valence-corrected chi connectivity index (χ4v) is 3.45. The van der Waals surface area contributed by atoms with Gasteiger partial charge in [0.2, 0.25) is 0 Å². The van der Waals surface area contributed by atoms with Crippen LogP contribution in [0.5, 0.6) is 0 Å². The monoisotopic (exact) mass is 254 g/mol. The summed E-state index contributed by atoms with van der Waals surface area (Å²) in [6, 6.07) is 0.969. The van der Waals surface area contributed by atoms with Crippen LogP contribution < -0.4 is 5.73 Å². The molecule has 0 aliphatic carbocycles. The van der Waals surface area contributed by atoms with Gasteiger partial charge in [0.05, 0.1) is 0 Å². The molecule has 0 bridgehead atoms. The highest BCUT2D eigenvalue weighted by Gasteiger charge is 2.32. The molecule has 0 saturated carbocycles. The Morgan fingerprint density at radius 1 is 1.17 bits per heavy atom. The van der Waals surface area contributed by atoms with Gasteiger partial charge in [0.15, 0.2) is 0 Å². The lowest BCUT2D eigenvalue weighted by Gasteiger charge is -2.43. The number of hydrogen-bond acceptors (Lipinski definition) is 2. The number of piperidine rings is 1. The highest BCUT2D eigenvalue weighted by atomic mass is 15.2. The smallest absolute Gasteiger partial charge is 0.0244 e.